The largest absolute Gasteiger partial charge is 0.326 e. The van der Waals surface area contributed by atoms with Gasteiger partial charge in [-0.1, -0.05) is 6.92 Å². The highest BCUT2D eigenvalue weighted by atomic mass is 15.2. The molecule has 1 aliphatic heterocycles. The highest BCUT2D eigenvalue weighted by molar-refractivity contribution is 4.76. The van der Waals surface area contributed by atoms with Crippen LogP contribution in [0, 0.1) is 0 Å². The Bertz CT molecular complexity index is 81.0. The third-order valence-corrected chi connectivity index (χ3v) is 1.85. The van der Waals surface area contributed by atoms with Crippen LogP contribution < -0.4 is 5.73 Å². The highest BCUT2D eigenvalue weighted by Crippen LogP contribution is 2.06. The van der Waals surface area contributed by atoms with Gasteiger partial charge in [-0.25, -0.2) is 0 Å². The minimum Gasteiger partial charge on any atom is -0.326 e. The number of hydrogen-bond acceptors (Lipinski definition) is 2. The van der Waals surface area contributed by atoms with Gasteiger partial charge in [0.2, 0.25) is 0 Å². The molecule has 0 saturated carbocycles. The van der Waals surface area contributed by atoms with Crippen molar-refractivity contribution >= 4 is 0 Å². The lowest BCUT2D eigenvalue weighted by Crippen LogP contribution is -2.26. The summed E-state index contributed by atoms with van der Waals surface area (Å²) in [5.74, 6) is 0. The second kappa shape index (κ2) is 3.18. The molecule has 0 spiro atoms. The Morgan fingerprint density at radius 3 is 2.89 bits per heavy atom. The number of hydrogen-bond donors (Lipinski definition) is 1. The summed E-state index contributed by atoms with van der Waals surface area (Å²) in [6.45, 7) is 5.78. The molecule has 1 atom stereocenters. The van der Waals surface area contributed by atoms with Gasteiger partial charge in [0.05, 0.1) is 0 Å². The van der Waals surface area contributed by atoms with E-state index < -0.39 is 0 Å². The van der Waals surface area contributed by atoms with Crippen molar-refractivity contribution in [1.82, 2.24) is 4.90 Å². The van der Waals surface area contributed by atoms with Crippen LogP contribution in [0.3, 0.4) is 0 Å². The summed E-state index contributed by atoms with van der Waals surface area (Å²) in [6, 6.07) is 0.455. The van der Waals surface area contributed by atoms with Crippen LogP contribution in [0.1, 0.15) is 19.8 Å². The van der Waals surface area contributed by atoms with Crippen molar-refractivity contribution in [2.24, 2.45) is 5.73 Å². The molecule has 1 heterocycles. The molecule has 0 aromatic heterocycles. The summed E-state index contributed by atoms with van der Waals surface area (Å²) >= 11 is 0. The first-order valence-electron chi connectivity index (χ1n) is 3.81. The number of nitrogens with zero attached hydrogens (tertiary/aromatic N) is 1. The lowest BCUT2D eigenvalue weighted by atomic mass is 10.3. The maximum absolute atomic E-state index is 5.71. The molecule has 0 aromatic carbocycles. The Hall–Kier alpha value is -0.0800. The van der Waals surface area contributed by atoms with Gasteiger partial charge < -0.3 is 10.6 Å². The lowest BCUT2D eigenvalue weighted by Gasteiger charge is -2.12. The summed E-state index contributed by atoms with van der Waals surface area (Å²) in [7, 11) is 0. The topological polar surface area (TPSA) is 29.3 Å². The summed E-state index contributed by atoms with van der Waals surface area (Å²) in [5, 5.41) is 0. The molecule has 54 valence electrons. The van der Waals surface area contributed by atoms with Crippen molar-refractivity contribution in [3.63, 3.8) is 0 Å². The van der Waals surface area contributed by atoms with E-state index in [0.717, 1.165) is 6.54 Å². The minimum absolute atomic E-state index is 0.455. The molecule has 0 unspecified atom stereocenters. The number of likely N-dealkylation sites (tertiary alicyclic amines) is 1. The monoisotopic (exact) mass is 128 g/mol. The van der Waals surface area contributed by atoms with Gasteiger partial charge in [0.1, 0.15) is 0 Å². The molecule has 0 aromatic rings. The quantitative estimate of drug-likeness (QED) is 0.584. The average Bonchev–Trinajstić information content (AvgIpc) is 2.17. The predicted molar refractivity (Wildman–Crippen MR) is 39.3 cm³/mol. The van der Waals surface area contributed by atoms with Crippen molar-refractivity contribution in [3.05, 3.63) is 0 Å². The molecule has 1 fully saturated rings. The van der Waals surface area contributed by atoms with Gasteiger partial charge in [-0.3, -0.25) is 0 Å². The molecule has 0 aliphatic carbocycles. The van der Waals surface area contributed by atoms with Gasteiger partial charge in [0.25, 0.3) is 0 Å². The molecule has 2 nitrogen and oxygen atoms in total. The fourth-order valence-electron chi connectivity index (χ4n) is 1.38. The molecule has 2 heteroatoms. The Balaban J connectivity index is 2.14. The smallest absolute Gasteiger partial charge is 0.0180 e. The van der Waals surface area contributed by atoms with E-state index in [-0.39, 0.29) is 0 Å². The van der Waals surface area contributed by atoms with E-state index in [2.05, 4.69) is 11.8 Å². The molecular formula is C7H16N2. The van der Waals surface area contributed by atoms with Crippen LogP contribution >= 0.6 is 0 Å². The predicted octanol–water partition coefficient (Wildman–Crippen LogP) is 0.429. The van der Waals surface area contributed by atoms with Crippen LogP contribution in [0.2, 0.25) is 0 Å². The van der Waals surface area contributed by atoms with E-state index in [1.807, 2.05) is 0 Å². The van der Waals surface area contributed by atoms with Gasteiger partial charge in [-0.2, -0.15) is 0 Å². The summed E-state index contributed by atoms with van der Waals surface area (Å²) in [6.07, 6.45) is 2.45. The summed E-state index contributed by atoms with van der Waals surface area (Å²) < 4.78 is 0. The Morgan fingerprint density at radius 1 is 1.67 bits per heavy atom. The molecule has 1 saturated heterocycles. The average molecular weight is 128 g/mol. The van der Waals surface area contributed by atoms with Crippen LogP contribution in [0.15, 0.2) is 0 Å². The van der Waals surface area contributed by atoms with Crippen molar-refractivity contribution in [2.45, 2.75) is 25.8 Å². The molecule has 1 rings (SSSR count). The standard InChI is InChI=1S/C7H16N2/c1-2-4-9-5-3-7(8)6-9/h7H,2-6,8H2,1H3/t7-/m1/s1. The van der Waals surface area contributed by atoms with Gasteiger partial charge in [0, 0.05) is 12.6 Å². The third kappa shape index (κ3) is 1.95. The lowest BCUT2D eigenvalue weighted by molar-refractivity contribution is 0.335. The van der Waals surface area contributed by atoms with Gasteiger partial charge in [-0.05, 0) is 25.9 Å². The van der Waals surface area contributed by atoms with Gasteiger partial charge in [-0.15, -0.1) is 0 Å². The maximum atomic E-state index is 5.71. The van der Waals surface area contributed by atoms with E-state index >= 15 is 0 Å². The second-order valence-corrected chi connectivity index (χ2v) is 2.85. The zero-order chi connectivity index (χ0) is 6.69. The Morgan fingerprint density at radius 2 is 2.44 bits per heavy atom. The molecular weight excluding hydrogens is 112 g/mol. The molecule has 9 heavy (non-hydrogen) atoms. The molecule has 2 N–H and O–H groups in total. The Labute approximate surface area is 57.0 Å². The van der Waals surface area contributed by atoms with E-state index in [4.69, 9.17) is 5.73 Å². The van der Waals surface area contributed by atoms with E-state index in [1.165, 1.54) is 25.9 Å². The molecule has 1 aliphatic rings. The van der Waals surface area contributed by atoms with Crippen LogP contribution in [-0.2, 0) is 0 Å². The molecule has 0 bridgehead atoms. The second-order valence-electron chi connectivity index (χ2n) is 2.85. The molecule has 0 amide bonds. The van der Waals surface area contributed by atoms with Crippen molar-refractivity contribution < 1.29 is 0 Å². The van der Waals surface area contributed by atoms with Crippen LogP contribution in [-0.4, -0.2) is 30.6 Å². The highest BCUT2D eigenvalue weighted by Gasteiger charge is 2.16. The number of nitrogens with two attached hydrogens (primary N) is 1. The third-order valence-electron chi connectivity index (χ3n) is 1.85. The maximum Gasteiger partial charge on any atom is 0.0180 e. The van der Waals surface area contributed by atoms with Crippen molar-refractivity contribution in [3.8, 4) is 0 Å². The zero-order valence-electron chi connectivity index (χ0n) is 6.14. The van der Waals surface area contributed by atoms with Crippen molar-refractivity contribution in [1.29, 1.82) is 0 Å². The molecule has 0 radical (unpaired) electrons. The fraction of sp³-hybridized carbons (Fsp3) is 1.00. The van der Waals surface area contributed by atoms with Gasteiger partial charge >= 0.3 is 0 Å². The fourth-order valence-corrected chi connectivity index (χ4v) is 1.38. The normalized spacial score (nSPS) is 29.3. The van der Waals surface area contributed by atoms with Crippen LogP contribution in [0.4, 0.5) is 0 Å². The summed E-state index contributed by atoms with van der Waals surface area (Å²) in [4.78, 5) is 2.44. The summed E-state index contributed by atoms with van der Waals surface area (Å²) in [5.41, 5.74) is 5.71. The first-order valence-corrected chi connectivity index (χ1v) is 3.81. The SMILES string of the molecule is CCCN1CC[C@@H](N)C1. The first-order chi connectivity index (χ1) is 4.33. The van der Waals surface area contributed by atoms with E-state index in [1.54, 1.807) is 0 Å². The van der Waals surface area contributed by atoms with Crippen molar-refractivity contribution in [2.75, 3.05) is 19.6 Å². The van der Waals surface area contributed by atoms with Gasteiger partial charge in [0.15, 0.2) is 0 Å². The van der Waals surface area contributed by atoms with E-state index in [0.29, 0.717) is 6.04 Å². The van der Waals surface area contributed by atoms with Crippen LogP contribution in [0.5, 0.6) is 0 Å². The first kappa shape index (κ1) is 7.03. The van der Waals surface area contributed by atoms with E-state index in [9.17, 15) is 0 Å². The number of rotatable bonds is 2. The zero-order valence-corrected chi connectivity index (χ0v) is 6.14. The van der Waals surface area contributed by atoms with Crippen LogP contribution in [0.25, 0.3) is 0 Å². The minimum atomic E-state index is 0.455. The Kier molecular flexibility index (Phi) is 2.49.